The quantitative estimate of drug-likeness (QED) is 0.825. The lowest BCUT2D eigenvalue weighted by Crippen LogP contribution is -2.24. The molecular weight excluding hydrogens is 290 g/mol. The van der Waals surface area contributed by atoms with Crippen molar-refractivity contribution < 1.29 is 8.42 Å². The summed E-state index contributed by atoms with van der Waals surface area (Å²) in [6.07, 6.45) is 4.97. The Labute approximate surface area is 123 Å². The summed E-state index contributed by atoms with van der Waals surface area (Å²) in [5, 5.41) is 2.73. The number of anilines is 1. The molecular formula is C13H17N5O2S. The molecule has 0 amide bonds. The predicted octanol–water partition coefficient (Wildman–Crippen LogP) is 0.954. The molecule has 0 unspecified atom stereocenters. The minimum atomic E-state index is -3.65. The van der Waals surface area contributed by atoms with E-state index in [9.17, 15) is 8.42 Å². The van der Waals surface area contributed by atoms with Crippen LogP contribution in [0.1, 0.15) is 18.2 Å². The van der Waals surface area contributed by atoms with Crippen LogP contribution in [-0.4, -0.2) is 30.4 Å². The molecule has 0 aromatic carbocycles. The fourth-order valence-electron chi connectivity index (χ4n) is 1.78. The first-order chi connectivity index (χ1) is 10.1. The normalized spacial score (nSPS) is 11.3. The average molecular weight is 307 g/mol. The average Bonchev–Trinajstić information content (AvgIpc) is 2.53. The second kappa shape index (κ2) is 6.59. The first-order valence-corrected chi connectivity index (χ1v) is 7.97. The molecule has 0 radical (unpaired) electrons. The largest absolute Gasteiger partial charge is 0.357 e. The summed E-state index contributed by atoms with van der Waals surface area (Å²) in [5.74, 6) is 0.368. The van der Waals surface area contributed by atoms with Crippen LogP contribution in [0.2, 0.25) is 0 Å². The smallest absolute Gasteiger partial charge is 0.243 e. The second-order valence-corrected chi connectivity index (χ2v) is 6.05. The van der Waals surface area contributed by atoms with Crippen LogP contribution in [0.15, 0.2) is 35.6 Å². The van der Waals surface area contributed by atoms with E-state index < -0.39 is 10.0 Å². The summed E-state index contributed by atoms with van der Waals surface area (Å²) < 4.78 is 26.8. The molecule has 0 fully saturated rings. The van der Waals surface area contributed by atoms with Crippen LogP contribution in [0.25, 0.3) is 0 Å². The molecule has 21 heavy (non-hydrogen) atoms. The Kier molecular flexibility index (Phi) is 4.81. The Morgan fingerprint density at radius 2 is 1.90 bits per heavy atom. The van der Waals surface area contributed by atoms with E-state index in [-0.39, 0.29) is 11.4 Å². The SMILES string of the molecule is CCc1cccnc1CNS(=O)(=O)c1cnc(NC)nc1. The van der Waals surface area contributed by atoms with Crippen LogP contribution in [0.4, 0.5) is 5.95 Å². The minimum absolute atomic E-state index is 0.0236. The van der Waals surface area contributed by atoms with Gasteiger partial charge in [0.15, 0.2) is 0 Å². The molecule has 2 rings (SSSR count). The van der Waals surface area contributed by atoms with Gasteiger partial charge in [0.2, 0.25) is 16.0 Å². The van der Waals surface area contributed by atoms with E-state index in [0.29, 0.717) is 5.95 Å². The highest BCUT2D eigenvalue weighted by Crippen LogP contribution is 2.10. The highest BCUT2D eigenvalue weighted by atomic mass is 32.2. The van der Waals surface area contributed by atoms with Crippen molar-refractivity contribution >= 4 is 16.0 Å². The summed E-state index contributed by atoms with van der Waals surface area (Å²) >= 11 is 0. The van der Waals surface area contributed by atoms with Crippen LogP contribution >= 0.6 is 0 Å². The summed E-state index contributed by atoms with van der Waals surface area (Å²) in [7, 11) is -1.99. The Bertz CT molecular complexity index is 701. The zero-order valence-electron chi connectivity index (χ0n) is 11.9. The van der Waals surface area contributed by atoms with Gasteiger partial charge in [-0.25, -0.2) is 23.1 Å². The topological polar surface area (TPSA) is 96.9 Å². The Morgan fingerprint density at radius 1 is 1.19 bits per heavy atom. The van der Waals surface area contributed by atoms with Crippen LogP contribution in [0, 0.1) is 0 Å². The summed E-state index contributed by atoms with van der Waals surface area (Å²) in [6, 6.07) is 3.77. The first kappa shape index (κ1) is 15.3. The lowest BCUT2D eigenvalue weighted by atomic mass is 10.1. The summed E-state index contributed by atoms with van der Waals surface area (Å²) in [6.45, 7) is 2.14. The molecule has 0 aliphatic carbocycles. The van der Waals surface area contributed by atoms with Crippen molar-refractivity contribution in [2.24, 2.45) is 0 Å². The van der Waals surface area contributed by atoms with E-state index in [0.717, 1.165) is 17.7 Å². The monoisotopic (exact) mass is 307 g/mol. The Morgan fingerprint density at radius 3 is 2.52 bits per heavy atom. The molecule has 8 heteroatoms. The molecule has 0 saturated heterocycles. The molecule has 0 spiro atoms. The standard InChI is InChI=1S/C13H17N5O2S/c1-3-10-5-4-6-15-12(10)9-18-21(19,20)11-7-16-13(14-2)17-8-11/h4-8,18H,3,9H2,1-2H3,(H,14,16,17). The highest BCUT2D eigenvalue weighted by molar-refractivity contribution is 7.89. The fraction of sp³-hybridized carbons (Fsp3) is 0.308. The van der Waals surface area contributed by atoms with E-state index in [1.807, 2.05) is 19.1 Å². The van der Waals surface area contributed by atoms with Crippen molar-refractivity contribution in [3.63, 3.8) is 0 Å². The number of aryl methyl sites for hydroxylation is 1. The Hall–Kier alpha value is -2.06. The van der Waals surface area contributed by atoms with E-state index in [2.05, 4.69) is 25.0 Å². The minimum Gasteiger partial charge on any atom is -0.357 e. The number of nitrogens with zero attached hydrogens (tertiary/aromatic N) is 3. The van der Waals surface area contributed by atoms with Gasteiger partial charge in [-0.2, -0.15) is 0 Å². The highest BCUT2D eigenvalue weighted by Gasteiger charge is 2.16. The molecule has 2 heterocycles. The maximum Gasteiger partial charge on any atom is 0.243 e. The summed E-state index contributed by atoms with van der Waals surface area (Å²) in [4.78, 5) is 12.0. The number of nitrogens with one attached hydrogen (secondary N) is 2. The number of rotatable bonds is 6. The van der Waals surface area contributed by atoms with Gasteiger partial charge in [0.1, 0.15) is 4.90 Å². The van der Waals surface area contributed by atoms with Gasteiger partial charge in [0, 0.05) is 13.2 Å². The van der Waals surface area contributed by atoms with Crippen LogP contribution in [0.3, 0.4) is 0 Å². The molecule has 0 aliphatic rings. The van der Waals surface area contributed by atoms with Crippen LogP contribution in [0.5, 0.6) is 0 Å². The molecule has 2 N–H and O–H groups in total. The van der Waals surface area contributed by atoms with Gasteiger partial charge < -0.3 is 5.32 Å². The summed E-state index contributed by atoms with van der Waals surface area (Å²) in [5.41, 5.74) is 1.73. The molecule has 0 bridgehead atoms. The lowest BCUT2D eigenvalue weighted by Gasteiger charge is -2.09. The first-order valence-electron chi connectivity index (χ1n) is 6.49. The van der Waals surface area contributed by atoms with E-state index in [1.165, 1.54) is 12.4 Å². The van der Waals surface area contributed by atoms with Gasteiger partial charge in [-0.3, -0.25) is 4.98 Å². The number of hydrogen-bond acceptors (Lipinski definition) is 6. The van der Waals surface area contributed by atoms with Crippen LogP contribution in [-0.2, 0) is 23.0 Å². The van der Waals surface area contributed by atoms with Gasteiger partial charge in [0.25, 0.3) is 0 Å². The number of sulfonamides is 1. The third-order valence-corrected chi connectivity index (χ3v) is 4.31. The third-order valence-electron chi connectivity index (χ3n) is 2.96. The van der Waals surface area contributed by atoms with Crippen LogP contribution < -0.4 is 10.0 Å². The van der Waals surface area contributed by atoms with Gasteiger partial charge in [-0.15, -0.1) is 0 Å². The maximum atomic E-state index is 12.2. The van der Waals surface area contributed by atoms with Gasteiger partial charge in [-0.1, -0.05) is 13.0 Å². The molecule has 0 saturated carbocycles. The molecule has 7 nitrogen and oxygen atoms in total. The zero-order chi connectivity index (χ0) is 15.3. The second-order valence-electron chi connectivity index (χ2n) is 4.28. The van der Waals surface area contributed by atoms with Crippen molar-refractivity contribution in [2.75, 3.05) is 12.4 Å². The van der Waals surface area contributed by atoms with E-state index >= 15 is 0 Å². The number of pyridine rings is 1. The molecule has 2 aromatic rings. The van der Waals surface area contributed by atoms with Crippen molar-refractivity contribution in [3.05, 3.63) is 42.0 Å². The van der Waals surface area contributed by atoms with Crippen molar-refractivity contribution in [2.45, 2.75) is 24.8 Å². The predicted molar refractivity (Wildman–Crippen MR) is 79.2 cm³/mol. The maximum absolute atomic E-state index is 12.2. The van der Waals surface area contributed by atoms with Crippen molar-refractivity contribution in [1.82, 2.24) is 19.7 Å². The lowest BCUT2D eigenvalue weighted by molar-refractivity contribution is 0.579. The Balaban J connectivity index is 2.13. The van der Waals surface area contributed by atoms with E-state index in [1.54, 1.807) is 13.2 Å². The third kappa shape index (κ3) is 3.73. The van der Waals surface area contributed by atoms with E-state index in [4.69, 9.17) is 0 Å². The zero-order valence-corrected chi connectivity index (χ0v) is 12.7. The van der Waals surface area contributed by atoms with Gasteiger partial charge >= 0.3 is 0 Å². The van der Waals surface area contributed by atoms with Crippen molar-refractivity contribution in [3.8, 4) is 0 Å². The fourth-order valence-corrected chi connectivity index (χ4v) is 2.66. The molecule has 112 valence electrons. The van der Waals surface area contributed by atoms with Crippen molar-refractivity contribution in [1.29, 1.82) is 0 Å². The number of aromatic nitrogens is 3. The number of hydrogen-bond donors (Lipinski definition) is 2. The molecule has 2 aromatic heterocycles. The molecule has 0 atom stereocenters. The van der Waals surface area contributed by atoms with Gasteiger partial charge in [0.05, 0.1) is 24.6 Å². The van der Waals surface area contributed by atoms with Gasteiger partial charge in [-0.05, 0) is 18.1 Å². The molecule has 0 aliphatic heterocycles.